The number of nitrogens with zero attached hydrogens (tertiary/aromatic N) is 2. The molecule has 1 aromatic heterocycles. The zero-order valence-electron chi connectivity index (χ0n) is 12.6. The second kappa shape index (κ2) is 6.49. The van der Waals surface area contributed by atoms with Crippen LogP contribution in [0.15, 0.2) is 28.9 Å². The molecule has 21 heavy (non-hydrogen) atoms. The molecule has 5 nitrogen and oxygen atoms in total. The quantitative estimate of drug-likeness (QED) is 0.895. The number of ether oxygens (including phenoxy) is 2. The maximum Gasteiger partial charge on any atom is 0.161 e. The van der Waals surface area contributed by atoms with Gasteiger partial charge in [-0.1, -0.05) is 6.07 Å². The maximum absolute atomic E-state index is 6.43. The predicted molar refractivity (Wildman–Crippen MR) is 85.9 cm³/mol. The Kier molecular flexibility index (Phi) is 4.90. The molecule has 2 N–H and O–H groups in total. The molecule has 2 rings (SSSR count). The minimum Gasteiger partial charge on any atom is -0.496 e. The Morgan fingerprint density at radius 2 is 1.86 bits per heavy atom. The van der Waals surface area contributed by atoms with Gasteiger partial charge in [-0.3, -0.25) is 4.68 Å². The molecule has 1 unspecified atom stereocenters. The Bertz CT molecular complexity index is 625. The van der Waals surface area contributed by atoms with Gasteiger partial charge in [0.2, 0.25) is 0 Å². The number of rotatable bonds is 5. The van der Waals surface area contributed by atoms with Gasteiger partial charge in [-0.2, -0.15) is 5.10 Å². The summed E-state index contributed by atoms with van der Waals surface area (Å²) in [7, 11) is 3.26. The molecular formula is C15H20BrN3O2. The van der Waals surface area contributed by atoms with Crippen LogP contribution in [0.5, 0.6) is 11.5 Å². The van der Waals surface area contributed by atoms with E-state index in [4.69, 9.17) is 15.2 Å². The first kappa shape index (κ1) is 15.9. The van der Waals surface area contributed by atoms with Gasteiger partial charge in [-0.25, -0.2) is 0 Å². The number of hydrogen-bond acceptors (Lipinski definition) is 4. The highest BCUT2D eigenvalue weighted by Crippen LogP contribution is 2.33. The molecule has 0 fully saturated rings. The minimum atomic E-state index is -0.327. The fourth-order valence-corrected chi connectivity index (χ4v) is 2.81. The summed E-state index contributed by atoms with van der Waals surface area (Å²) in [5, 5.41) is 4.36. The lowest BCUT2D eigenvalue weighted by Gasteiger charge is -2.19. The van der Waals surface area contributed by atoms with E-state index in [1.807, 2.05) is 22.9 Å². The van der Waals surface area contributed by atoms with Gasteiger partial charge < -0.3 is 15.2 Å². The van der Waals surface area contributed by atoms with Gasteiger partial charge in [0, 0.05) is 6.04 Å². The maximum atomic E-state index is 6.43. The molecule has 1 heterocycles. The van der Waals surface area contributed by atoms with Crippen LogP contribution in [-0.2, 0) is 0 Å². The van der Waals surface area contributed by atoms with Gasteiger partial charge in [0.1, 0.15) is 11.4 Å². The Labute approximate surface area is 133 Å². The summed E-state index contributed by atoms with van der Waals surface area (Å²) in [6, 6.07) is 5.68. The van der Waals surface area contributed by atoms with E-state index in [1.165, 1.54) is 0 Å². The lowest BCUT2D eigenvalue weighted by atomic mass is 10.0. The van der Waals surface area contributed by atoms with Crippen molar-refractivity contribution in [3.05, 3.63) is 40.1 Å². The van der Waals surface area contributed by atoms with Crippen LogP contribution in [0.4, 0.5) is 0 Å². The first-order chi connectivity index (χ1) is 9.99. The van der Waals surface area contributed by atoms with E-state index in [0.29, 0.717) is 5.75 Å². The molecule has 2 aromatic rings. The molecule has 114 valence electrons. The number of hydrogen-bond donors (Lipinski definition) is 1. The van der Waals surface area contributed by atoms with Crippen molar-refractivity contribution >= 4 is 15.9 Å². The highest BCUT2D eigenvalue weighted by molar-refractivity contribution is 9.10. The average Bonchev–Trinajstić information content (AvgIpc) is 2.90. The third-order valence-electron chi connectivity index (χ3n) is 3.34. The first-order valence-electron chi connectivity index (χ1n) is 6.70. The molecule has 1 atom stereocenters. The Morgan fingerprint density at radius 1 is 1.19 bits per heavy atom. The van der Waals surface area contributed by atoms with Crippen LogP contribution in [0.2, 0.25) is 0 Å². The zero-order valence-corrected chi connectivity index (χ0v) is 14.2. The lowest BCUT2D eigenvalue weighted by molar-refractivity contribution is 0.400. The van der Waals surface area contributed by atoms with Crippen LogP contribution in [0, 0.1) is 0 Å². The van der Waals surface area contributed by atoms with Crippen molar-refractivity contribution in [3.63, 3.8) is 0 Å². The molecule has 6 heteroatoms. The van der Waals surface area contributed by atoms with Crippen molar-refractivity contribution in [2.24, 2.45) is 5.73 Å². The molecule has 0 saturated carbocycles. The standard InChI is InChI=1S/C15H20BrN3O2/c1-9(2)19-15(13(21-4)8-18-19)14(17)10-5-6-12(20-3)11(16)7-10/h5-9,14H,17H2,1-4H3. The van der Waals surface area contributed by atoms with Gasteiger partial charge in [-0.05, 0) is 47.5 Å². The van der Waals surface area contributed by atoms with E-state index < -0.39 is 0 Å². The Morgan fingerprint density at radius 3 is 2.38 bits per heavy atom. The summed E-state index contributed by atoms with van der Waals surface area (Å²) >= 11 is 3.49. The normalized spacial score (nSPS) is 12.5. The number of benzene rings is 1. The molecule has 0 spiro atoms. The predicted octanol–water partition coefficient (Wildman–Crippen LogP) is 3.29. The van der Waals surface area contributed by atoms with Crippen LogP contribution < -0.4 is 15.2 Å². The van der Waals surface area contributed by atoms with Crippen LogP contribution in [0.25, 0.3) is 0 Å². The topological polar surface area (TPSA) is 62.3 Å². The molecule has 0 amide bonds. The zero-order chi connectivity index (χ0) is 15.6. The largest absolute Gasteiger partial charge is 0.496 e. The average molecular weight is 354 g/mol. The van der Waals surface area contributed by atoms with Crippen molar-refractivity contribution < 1.29 is 9.47 Å². The summed E-state index contributed by atoms with van der Waals surface area (Å²) in [4.78, 5) is 0. The van der Waals surface area contributed by atoms with E-state index in [9.17, 15) is 0 Å². The van der Waals surface area contributed by atoms with Crippen LogP contribution >= 0.6 is 15.9 Å². The molecule has 0 bridgehead atoms. The fourth-order valence-electron chi connectivity index (χ4n) is 2.25. The van der Waals surface area contributed by atoms with Crippen LogP contribution in [0.1, 0.15) is 37.2 Å². The summed E-state index contributed by atoms with van der Waals surface area (Å²) in [5.74, 6) is 1.47. The number of aromatic nitrogens is 2. The van der Waals surface area contributed by atoms with Crippen molar-refractivity contribution in [1.29, 1.82) is 0 Å². The second-order valence-corrected chi connectivity index (χ2v) is 5.86. The second-order valence-electron chi connectivity index (χ2n) is 5.01. The molecule has 0 aliphatic rings. The van der Waals surface area contributed by atoms with E-state index in [0.717, 1.165) is 21.5 Å². The molecule has 0 aliphatic heterocycles. The highest BCUT2D eigenvalue weighted by Gasteiger charge is 2.22. The summed E-state index contributed by atoms with van der Waals surface area (Å²) in [6.45, 7) is 4.12. The Hall–Kier alpha value is -1.53. The van der Waals surface area contributed by atoms with E-state index in [-0.39, 0.29) is 12.1 Å². The summed E-state index contributed by atoms with van der Waals surface area (Å²) < 4.78 is 13.4. The van der Waals surface area contributed by atoms with Gasteiger partial charge in [0.25, 0.3) is 0 Å². The monoisotopic (exact) mass is 353 g/mol. The third-order valence-corrected chi connectivity index (χ3v) is 3.96. The number of methoxy groups -OCH3 is 2. The van der Waals surface area contributed by atoms with Crippen LogP contribution in [0.3, 0.4) is 0 Å². The minimum absolute atomic E-state index is 0.205. The van der Waals surface area contributed by atoms with Crippen LogP contribution in [-0.4, -0.2) is 24.0 Å². The van der Waals surface area contributed by atoms with Crippen molar-refractivity contribution in [1.82, 2.24) is 9.78 Å². The van der Waals surface area contributed by atoms with Gasteiger partial charge in [0.05, 0.1) is 30.9 Å². The van der Waals surface area contributed by atoms with Gasteiger partial charge in [0.15, 0.2) is 5.75 Å². The molecular weight excluding hydrogens is 334 g/mol. The van der Waals surface area contributed by atoms with Crippen molar-refractivity contribution in [3.8, 4) is 11.5 Å². The van der Waals surface area contributed by atoms with Gasteiger partial charge in [-0.15, -0.1) is 0 Å². The molecule has 0 aliphatic carbocycles. The summed E-state index contributed by atoms with van der Waals surface area (Å²) in [6.07, 6.45) is 1.70. The smallest absolute Gasteiger partial charge is 0.161 e. The number of nitrogens with two attached hydrogens (primary N) is 1. The van der Waals surface area contributed by atoms with Crippen molar-refractivity contribution in [2.75, 3.05) is 14.2 Å². The first-order valence-corrected chi connectivity index (χ1v) is 7.49. The third kappa shape index (κ3) is 3.06. The van der Waals surface area contributed by atoms with Crippen molar-refractivity contribution in [2.45, 2.75) is 25.9 Å². The van der Waals surface area contributed by atoms with E-state index in [2.05, 4.69) is 34.9 Å². The Balaban J connectivity index is 2.46. The lowest BCUT2D eigenvalue weighted by Crippen LogP contribution is -2.19. The molecule has 1 aromatic carbocycles. The summed E-state index contributed by atoms with van der Waals surface area (Å²) in [5.41, 5.74) is 8.26. The SMILES string of the molecule is COc1ccc(C(N)c2c(OC)cnn2C(C)C)cc1Br. The highest BCUT2D eigenvalue weighted by atomic mass is 79.9. The fraction of sp³-hybridized carbons (Fsp3) is 0.400. The van der Waals surface area contributed by atoms with Gasteiger partial charge >= 0.3 is 0 Å². The molecule has 0 saturated heterocycles. The number of halogens is 1. The van der Waals surface area contributed by atoms with E-state index in [1.54, 1.807) is 20.4 Å². The molecule has 0 radical (unpaired) electrons. The van der Waals surface area contributed by atoms with E-state index >= 15 is 0 Å².